The highest BCUT2D eigenvalue weighted by Gasteiger charge is 2.16. The zero-order chi connectivity index (χ0) is 18.8. The number of aromatic nitrogens is 1. The smallest absolute Gasteiger partial charge is 0.268 e. The Bertz CT molecular complexity index is 1080. The maximum Gasteiger partial charge on any atom is 0.268 e. The number of carbonyl (C=O) groups is 1. The van der Waals surface area contributed by atoms with Crippen LogP contribution in [0.5, 0.6) is 11.5 Å². The third-order valence-electron chi connectivity index (χ3n) is 4.31. The summed E-state index contributed by atoms with van der Waals surface area (Å²) in [6, 6.07) is 12.3. The largest absolute Gasteiger partial charge is 0.489 e. The van der Waals surface area contributed by atoms with Gasteiger partial charge >= 0.3 is 0 Å². The molecule has 1 aliphatic rings. The molecule has 0 radical (unpaired) electrons. The van der Waals surface area contributed by atoms with E-state index in [0.29, 0.717) is 40.5 Å². The van der Waals surface area contributed by atoms with Gasteiger partial charge in [0.25, 0.3) is 11.5 Å². The van der Waals surface area contributed by atoms with Crippen molar-refractivity contribution in [1.29, 1.82) is 0 Å². The van der Waals surface area contributed by atoms with Gasteiger partial charge in [0.05, 0.1) is 18.2 Å². The number of carbonyl (C=O) groups excluding carboxylic acids is 1. The fourth-order valence-electron chi connectivity index (χ4n) is 3.00. The standard InChI is InChI=1S/C20H17ClN2O4/c21-15-8-12(9-17-18(15)27-7-3-6-26-17)11-22-20(25)16-10-13-4-1-2-5-14(13)19(24)23-16/h1-2,4-5,8-10H,3,6-7,11H2,(H,22,25)(H,23,24). The minimum atomic E-state index is -0.374. The average molecular weight is 385 g/mol. The molecule has 0 saturated carbocycles. The van der Waals surface area contributed by atoms with Crippen LogP contribution < -0.4 is 20.3 Å². The van der Waals surface area contributed by atoms with Gasteiger partial charge in [-0.15, -0.1) is 0 Å². The fourth-order valence-corrected chi connectivity index (χ4v) is 3.28. The van der Waals surface area contributed by atoms with Gasteiger partial charge in [-0.2, -0.15) is 0 Å². The van der Waals surface area contributed by atoms with Crippen LogP contribution in [0.3, 0.4) is 0 Å². The highest BCUT2D eigenvalue weighted by atomic mass is 35.5. The van der Waals surface area contributed by atoms with Crippen molar-refractivity contribution in [1.82, 2.24) is 10.3 Å². The van der Waals surface area contributed by atoms with Crippen LogP contribution in [0, 0.1) is 0 Å². The molecule has 1 amide bonds. The summed E-state index contributed by atoms with van der Waals surface area (Å²) < 4.78 is 11.3. The summed E-state index contributed by atoms with van der Waals surface area (Å²) in [7, 11) is 0. The van der Waals surface area contributed by atoms with Crippen molar-refractivity contribution >= 4 is 28.3 Å². The lowest BCUT2D eigenvalue weighted by molar-refractivity contribution is 0.0946. The molecule has 0 unspecified atom stereocenters. The summed E-state index contributed by atoms with van der Waals surface area (Å²) in [6.07, 6.45) is 0.784. The second kappa shape index (κ2) is 7.32. The monoisotopic (exact) mass is 384 g/mol. The van der Waals surface area contributed by atoms with Gasteiger partial charge in [0.15, 0.2) is 11.5 Å². The number of halogens is 1. The predicted octanol–water partition coefficient (Wildman–Crippen LogP) is 3.27. The van der Waals surface area contributed by atoms with Crippen molar-refractivity contribution in [2.45, 2.75) is 13.0 Å². The molecule has 2 N–H and O–H groups in total. The average Bonchev–Trinajstić information content (AvgIpc) is 2.92. The molecule has 0 fully saturated rings. The van der Waals surface area contributed by atoms with Gasteiger partial charge in [-0.1, -0.05) is 29.8 Å². The van der Waals surface area contributed by atoms with Crippen LogP contribution in [0.4, 0.5) is 0 Å². The highest BCUT2D eigenvalue weighted by Crippen LogP contribution is 2.37. The van der Waals surface area contributed by atoms with E-state index in [2.05, 4.69) is 10.3 Å². The van der Waals surface area contributed by atoms with E-state index in [0.717, 1.165) is 12.0 Å². The molecule has 27 heavy (non-hydrogen) atoms. The van der Waals surface area contributed by atoms with Gasteiger partial charge in [-0.05, 0) is 35.2 Å². The summed E-state index contributed by atoms with van der Waals surface area (Å²) in [4.78, 5) is 27.2. The van der Waals surface area contributed by atoms with Crippen LogP contribution in [-0.4, -0.2) is 24.1 Å². The third-order valence-corrected chi connectivity index (χ3v) is 4.59. The number of H-pyrrole nitrogens is 1. The van der Waals surface area contributed by atoms with Crippen molar-refractivity contribution in [2.24, 2.45) is 0 Å². The van der Waals surface area contributed by atoms with Gasteiger partial charge in [-0.25, -0.2) is 0 Å². The minimum absolute atomic E-state index is 0.208. The predicted molar refractivity (Wildman–Crippen MR) is 103 cm³/mol. The number of benzene rings is 2. The maximum atomic E-state index is 12.5. The molecule has 0 atom stereocenters. The number of hydrogen-bond donors (Lipinski definition) is 2. The van der Waals surface area contributed by atoms with Crippen LogP contribution in [0.15, 0.2) is 47.3 Å². The van der Waals surface area contributed by atoms with E-state index in [1.165, 1.54) is 0 Å². The molecule has 0 aliphatic carbocycles. The Labute approximate surface area is 160 Å². The lowest BCUT2D eigenvalue weighted by atomic mass is 10.1. The molecule has 2 heterocycles. The maximum absolute atomic E-state index is 12.5. The van der Waals surface area contributed by atoms with Crippen molar-refractivity contribution in [2.75, 3.05) is 13.2 Å². The second-order valence-corrected chi connectivity index (χ2v) is 6.64. The highest BCUT2D eigenvalue weighted by molar-refractivity contribution is 6.32. The van der Waals surface area contributed by atoms with Crippen molar-refractivity contribution in [3.63, 3.8) is 0 Å². The summed E-state index contributed by atoms with van der Waals surface area (Å²) in [5.74, 6) is 0.729. The summed E-state index contributed by atoms with van der Waals surface area (Å²) in [5.41, 5.74) is 0.691. The molecule has 0 spiro atoms. The molecule has 138 valence electrons. The third kappa shape index (κ3) is 3.61. The molecule has 0 saturated heterocycles. The first kappa shape index (κ1) is 17.4. The quantitative estimate of drug-likeness (QED) is 0.726. The molecule has 0 bridgehead atoms. The first-order valence-electron chi connectivity index (χ1n) is 8.60. The number of hydrogen-bond acceptors (Lipinski definition) is 4. The molecule has 7 heteroatoms. The van der Waals surface area contributed by atoms with E-state index in [1.54, 1.807) is 36.4 Å². The fraction of sp³-hybridized carbons (Fsp3) is 0.200. The van der Waals surface area contributed by atoms with E-state index in [-0.39, 0.29) is 23.7 Å². The van der Waals surface area contributed by atoms with Crippen molar-refractivity contribution in [3.8, 4) is 11.5 Å². The van der Waals surface area contributed by atoms with E-state index in [4.69, 9.17) is 21.1 Å². The zero-order valence-electron chi connectivity index (χ0n) is 14.4. The van der Waals surface area contributed by atoms with E-state index < -0.39 is 0 Å². The molecule has 6 nitrogen and oxygen atoms in total. The topological polar surface area (TPSA) is 80.4 Å². The van der Waals surface area contributed by atoms with Gasteiger partial charge in [0.1, 0.15) is 5.69 Å². The van der Waals surface area contributed by atoms with Crippen LogP contribution in [0.1, 0.15) is 22.5 Å². The number of amides is 1. The Balaban J connectivity index is 1.54. The first-order valence-corrected chi connectivity index (χ1v) is 8.98. The lowest BCUT2D eigenvalue weighted by Crippen LogP contribution is -2.26. The summed E-state index contributed by atoms with van der Waals surface area (Å²) in [5, 5.41) is 4.49. The van der Waals surface area contributed by atoms with Gasteiger partial charge < -0.3 is 19.8 Å². The Kier molecular flexibility index (Phi) is 4.73. The Hall–Kier alpha value is -2.99. The second-order valence-electron chi connectivity index (χ2n) is 6.24. The number of rotatable bonds is 3. The zero-order valence-corrected chi connectivity index (χ0v) is 15.1. The first-order chi connectivity index (χ1) is 13.1. The molecular weight excluding hydrogens is 368 g/mol. The lowest BCUT2D eigenvalue weighted by Gasteiger charge is -2.12. The Morgan fingerprint density at radius 3 is 2.85 bits per heavy atom. The van der Waals surface area contributed by atoms with Crippen LogP contribution in [-0.2, 0) is 6.54 Å². The van der Waals surface area contributed by atoms with Crippen LogP contribution in [0.25, 0.3) is 10.8 Å². The van der Waals surface area contributed by atoms with Gasteiger partial charge in [-0.3, -0.25) is 9.59 Å². The summed E-state index contributed by atoms with van der Waals surface area (Å²) in [6.45, 7) is 1.35. The molecular formula is C20H17ClN2O4. The normalized spacial score (nSPS) is 13.2. The molecule has 1 aliphatic heterocycles. The van der Waals surface area contributed by atoms with E-state index in [9.17, 15) is 9.59 Å². The van der Waals surface area contributed by atoms with Crippen molar-refractivity contribution in [3.05, 3.63) is 69.1 Å². The molecule has 2 aromatic carbocycles. The number of ether oxygens (including phenoxy) is 2. The van der Waals surface area contributed by atoms with E-state index in [1.807, 2.05) is 6.07 Å². The Morgan fingerprint density at radius 1 is 1.15 bits per heavy atom. The number of nitrogens with one attached hydrogen (secondary N) is 2. The van der Waals surface area contributed by atoms with Crippen LogP contribution in [0.2, 0.25) is 5.02 Å². The molecule has 4 rings (SSSR count). The van der Waals surface area contributed by atoms with Crippen LogP contribution >= 0.6 is 11.6 Å². The Morgan fingerprint density at radius 2 is 1.96 bits per heavy atom. The van der Waals surface area contributed by atoms with Crippen molar-refractivity contribution < 1.29 is 14.3 Å². The van der Waals surface area contributed by atoms with Gasteiger partial charge in [0.2, 0.25) is 0 Å². The summed E-state index contributed by atoms with van der Waals surface area (Å²) >= 11 is 6.27. The van der Waals surface area contributed by atoms with E-state index >= 15 is 0 Å². The number of pyridine rings is 1. The molecule has 3 aromatic rings. The SMILES string of the molecule is O=C(NCc1cc(Cl)c2c(c1)OCCCO2)c1cc2ccccc2c(=O)[nH]1. The van der Waals surface area contributed by atoms with Gasteiger partial charge in [0, 0.05) is 18.4 Å². The minimum Gasteiger partial charge on any atom is -0.489 e. The molecule has 1 aromatic heterocycles. The number of fused-ring (bicyclic) bond motifs is 2. The number of aromatic amines is 1.